The van der Waals surface area contributed by atoms with Crippen LogP contribution in [0.4, 0.5) is 14.9 Å². The van der Waals surface area contributed by atoms with Crippen LogP contribution in [0.3, 0.4) is 0 Å². The number of anilines is 1. The Balaban J connectivity index is 1.28. The molecule has 0 saturated carbocycles. The molecule has 1 aromatic carbocycles. The number of piperidine rings is 1. The van der Waals surface area contributed by atoms with Gasteiger partial charge in [0, 0.05) is 12.2 Å². The number of carbonyl (C=O) groups excluding carboxylic acids is 2. The van der Waals surface area contributed by atoms with E-state index in [1.165, 1.54) is 21.9 Å². The van der Waals surface area contributed by atoms with Crippen LogP contribution in [0.15, 0.2) is 24.3 Å². The number of urea groups is 1. The van der Waals surface area contributed by atoms with Crippen molar-refractivity contribution in [1.82, 2.24) is 9.80 Å². The number of nitrogens with one attached hydrogen (secondary N) is 1. The van der Waals surface area contributed by atoms with Gasteiger partial charge in [0.05, 0.1) is 39.3 Å². The molecule has 3 amide bonds. The average molecular weight is 361 g/mol. The van der Waals surface area contributed by atoms with Crippen LogP contribution in [0, 0.1) is 5.82 Å². The maximum atomic E-state index is 13.1. The Morgan fingerprint density at radius 1 is 1.04 bits per heavy atom. The first-order chi connectivity index (χ1) is 12.6. The minimum Gasteiger partial charge on any atom is -0.360 e. The van der Waals surface area contributed by atoms with E-state index in [1.54, 1.807) is 4.90 Å². The minimum atomic E-state index is -0.214. The zero-order valence-electron chi connectivity index (χ0n) is 15.0. The summed E-state index contributed by atoms with van der Waals surface area (Å²) in [6, 6.07) is 6.32. The van der Waals surface area contributed by atoms with Gasteiger partial charge in [0.2, 0.25) is 0 Å². The van der Waals surface area contributed by atoms with Gasteiger partial charge in [0.1, 0.15) is 11.9 Å². The molecule has 6 nitrogen and oxygen atoms in total. The number of carbonyl (C=O) groups is 2. The summed E-state index contributed by atoms with van der Waals surface area (Å²) in [4.78, 5) is 31.9. The van der Waals surface area contributed by atoms with Gasteiger partial charge in [-0.25, -0.2) is 9.18 Å². The predicted molar refractivity (Wildman–Crippen MR) is 95.6 cm³/mol. The van der Waals surface area contributed by atoms with Gasteiger partial charge in [-0.15, -0.1) is 0 Å². The number of piperazine rings is 1. The van der Waals surface area contributed by atoms with Crippen molar-refractivity contribution in [3.05, 3.63) is 30.1 Å². The van der Waals surface area contributed by atoms with Crippen molar-refractivity contribution in [3.63, 3.8) is 0 Å². The molecule has 3 aliphatic heterocycles. The van der Waals surface area contributed by atoms with E-state index in [1.807, 2.05) is 12.1 Å². The summed E-state index contributed by atoms with van der Waals surface area (Å²) in [5.74, 6) is -0.215. The molecule has 0 spiro atoms. The lowest BCUT2D eigenvalue weighted by Gasteiger charge is -2.34. The van der Waals surface area contributed by atoms with E-state index in [0.29, 0.717) is 6.54 Å². The third-order valence-electron chi connectivity index (χ3n) is 5.88. The lowest BCUT2D eigenvalue weighted by molar-refractivity contribution is -0.899. The van der Waals surface area contributed by atoms with Gasteiger partial charge in [-0.2, -0.15) is 0 Å². The molecule has 140 valence electrons. The molecular formula is C19H26FN4O2+. The predicted octanol–water partition coefficient (Wildman–Crippen LogP) is 0.347. The number of hydrogen-bond acceptors (Lipinski definition) is 3. The summed E-state index contributed by atoms with van der Waals surface area (Å²) in [5, 5.41) is 0. The van der Waals surface area contributed by atoms with Crippen molar-refractivity contribution in [2.24, 2.45) is 0 Å². The first kappa shape index (κ1) is 17.3. The zero-order chi connectivity index (χ0) is 18.1. The molecule has 7 heteroatoms. The number of quaternary nitrogens is 1. The van der Waals surface area contributed by atoms with Crippen molar-refractivity contribution in [2.75, 3.05) is 50.7 Å². The second-order valence-electron chi connectivity index (χ2n) is 7.44. The summed E-state index contributed by atoms with van der Waals surface area (Å²) in [7, 11) is 0. The molecule has 1 atom stereocenters. The molecule has 0 aliphatic carbocycles. The number of hydrogen-bond donors (Lipinski definition) is 1. The highest BCUT2D eigenvalue weighted by Crippen LogP contribution is 2.26. The smallest absolute Gasteiger partial charge is 0.327 e. The maximum Gasteiger partial charge on any atom is 0.327 e. The van der Waals surface area contributed by atoms with Crippen LogP contribution in [0.1, 0.15) is 19.3 Å². The molecule has 1 N–H and O–H groups in total. The van der Waals surface area contributed by atoms with Gasteiger partial charge >= 0.3 is 6.03 Å². The van der Waals surface area contributed by atoms with E-state index in [4.69, 9.17) is 0 Å². The van der Waals surface area contributed by atoms with E-state index in [0.717, 1.165) is 64.2 Å². The Kier molecular flexibility index (Phi) is 4.80. The second-order valence-corrected chi connectivity index (χ2v) is 7.44. The Bertz CT molecular complexity index is 649. The maximum absolute atomic E-state index is 13.1. The number of amides is 3. The summed E-state index contributed by atoms with van der Waals surface area (Å²) in [6.45, 7) is 5.75. The molecule has 3 fully saturated rings. The SMILES string of the molecule is O=C1[C@@H]2CCCCN2C(=O)N1CC[NH+]1CCN(c2ccc(F)cc2)CC1. The molecule has 4 rings (SSSR count). The van der Waals surface area contributed by atoms with Gasteiger partial charge in [-0.05, 0) is 43.5 Å². The highest BCUT2D eigenvalue weighted by atomic mass is 19.1. The van der Waals surface area contributed by atoms with Crippen LogP contribution in [0.25, 0.3) is 0 Å². The molecule has 0 aromatic heterocycles. The van der Waals surface area contributed by atoms with Crippen molar-refractivity contribution in [1.29, 1.82) is 0 Å². The number of nitrogens with zero attached hydrogens (tertiary/aromatic N) is 3. The van der Waals surface area contributed by atoms with E-state index in [2.05, 4.69) is 4.90 Å². The summed E-state index contributed by atoms with van der Waals surface area (Å²) in [6.07, 6.45) is 2.84. The van der Waals surface area contributed by atoms with Crippen LogP contribution >= 0.6 is 0 Å². The monoisotopic (exact) mass is 361 g/mol. The Labute approximate surface area is 153 Å². The fraction of sp³-hybridized carbons (Fsp3) is 0.579. The van der Waals surface area contributed by atoms with Gasteiger partial charge in [0.25, 0.3) is 5.91 Å². The minimum absolute atomic E-state index is 0.000881. The normalized spacial score (nSPS) is 24.3. The topological polar surface area (TPSA) is 48.3 Å². The largest absolute Gasteiger partial charge is 0.360 e. The number of halogens is 1. The second kappa shape index (κ2) is 7.23. The molecule has 26 heavy (non-hydrogen) atoms. The van der Waals surface area contributed by atoms with Crippen LogP contribution in [-0.2, 0) is 4.79 Å². The van der Waals surface area contributed by atoms with Crippen LogP contribution in [0.5, 0.6) is 0 Å². The van der Waals surface area contributed by atoms with Gasteiger partial charge in [0.15, 0.2) is 0 Å². The number of rotatable bonds is 4. The number of imide groups is 1. The van der Waals surface area contributed by atoms with Gasteiger partial charge in [-0.3, -0.25) is 9.69 Å². The summed E-state index contributed by atoms with van der Waals surface area (Å²) < 4.78 is 13.1. The first-order valence-electron chi connectivity index (χ1n) is 9.59. The Morgan fingerprint density at radius 2 is 1.77 bits per heavy atom. The highest BCUT2D eigenvalue weighted by molar-refractivity contribution is 6.04. The third kappa shape index (κ3) is 3.28. The molecule has 0 bridgehead atoms. The highest BCUT2D eigenvalue weighted by Gasteiger charge is 2.45. The lowest BCUT2D eigenvalue weighted by atomic mass is 10.0. The van der Waals surface area contributed by atoms with Gasteiger partial charge in [-0.1, -0.05) is 0 Å². The van der Waals surface area contributed by atoms with Crippen molar-refractivity contribution in [3.8, 4) is 0 Å². The van der Waals surface area contributed by atoms with Gasteiger partial charge < -0.3 is 14.7 Å². The van der Waals surface area contributed by atoms with E-state index >= 15 is 0 Å². The van der Waals surface area contributed by atoms with E-state index < -0.39 is 0 Å². The quantitative estimate of drug-likeness (QED) is 0.788. The molecule has 3 heterocycles. The summed E-state index contributed by atoms with van der Waals surface area (Å²) >= 11 is 0. The first-order valence-corrected chi connectivity index (χ1v) is 9.59. The van der Waals surface area contributed by atoms with Crippen molar-refractivity contribution < 1.29 is 18.9 Å². The molecule has 3 saturated heterocycles. The van der Waals surface area contributed by atoms with E-state index in [-0.39, 0.29) is 23.8 Å². The summed E-state index contributed by atoms with van der Waals surface area (Å²) in [5.41, 5.74) is 1.05. The Hall–Kier alpha value is -2.15. The van der Waals surface area contributed by atoms with Crippen LogP contribution in [-0.4, -0.2) is 73.6 Å². The molecule has 0 radical (unpaired) electrons. The van der Waals surface area contributed by atoms with Crippen molar-refractivity contribution >= 4 is 17.6 Å². The molecule has 3 aliphatic rings. The molecule has 1 aromatic rings. The van der Waals surface area contributed by atoms with Crippen molar-refractivity contribution in [2.45, 2.75) is 25.3 Å². The lowest BCUT2D eigenvalue weighted by Crippen LogP contribution is -3.15. The van der Waals surface area contributed by atoms with Crippen LogP contribution in [0.2, 0.25) is 0 Å². The standard InChI is InChI=1S/C19H25FN4O2/c20-15-4-6-16(7-5-15)22-12-9-21(10-13-22)11-14-24-18(25)17-3-1-2-8-23(17)19(24)26/h4-7,17H,1-3,8-14H2/p+1/t17-/m0/s1. The fourth-order valence-electron chi connectivity index (χ4n) is 4.31. The zero-order valence-corrected chi connectivity index (χ0v) is 15.0. The molecular weight excluding hydrogens is 335 g/mol. The average Bonchev–Trinajstić information content (AvgIpc) is 2.92. The van der Waals surface area contributed by atoms with E-state index in [9.17, 15) is 14.0 Å². The molecule has 0 unspecified atom stereocenters. The Morgan fingerprint density at radius 3 is 2.46 bits per heavy atom. The number of fused-ring (bicyclic) bond motifs is 1. The third-order valence-corrected chi connectivity index (χ3v) is 5.88. The van der Waals surface area contributed by atoms with Crippen LogP contribution < -0.4 is 9.80 Å². The number of benzene rings is 1. The fourth-order valence-corrected chi connectivity index (χ4v) is 4.31.